The monoisotopic (exact) mass is 440 g/mol. The van der Waals surface area contributed by atoms with E-state index in [9.17, 15) is 5.21 Å². The largest absolute Gasteiger partial charge is 0.493 e. The van der Waals surface area contributed by atoms with Crippen LogP contribution in [0, 0.1) is 0 Å². The van der Waals surface area contributed by atoms with E-state index in [0.717, 1.165) is 24.1 Å². The van der Waals surface area contributed by atoms with Gasteiger partial charge in [0.15, 0.2) is 11.5 Å². The predicted molar refractivity (Wildman–Crippen MR) is 131 cm³/mol. The van der Waals surface area contributed by atoms with Gasteiger partial charge in [-0.2, -0.15) is 0 Å². The second-order valence-electron chi connectivity index (χ2n) is 9.17. The molecular weight excluding hydrogens is 412 g/mol. The van der Waals surface area contributed by atoms with Crippen molar-refractivity contribution in [2.45, 2.75) is 43.2 Å². The van der Waals surface area contributed by atoms with Gasteiger partial charge in [-0.15, -0.1) is 0 Å². The highest BCUT2D eigenvalue weighted by molar-refractivity contribution is 5.81. The number of methoxy groups -OCH3 is 1. The van der Waals surface area contributed by atoms with Crippen molar-refractivity contribution in [1.82, 2.24) is 0 Å². The lowest BCUT2D eigenvalue weighted by Crippen LogP contribution is -2.60. The first-order valence-electron chi connectivity index (χ1n) is 11.7. The Labute approximate surface area is 194 Å². The summed E-state index contributed by atoms with van der Waals surface area (Å²) in [6.07, 6.45) is 10.1. The summed E-state index contributed by atoms with van der Waals surface area (Å²) in [4.78, 5) is 2.38. The van der Waals surface area contributed by atoms with Crippen LogP contribution in [0.25, 0.3) is 6.08 Å². The van der Waals surface area contributed by atoms with Crippen LogP contribution in [0.1, 0.15) is 43.2 Å². The molecule has 2 aliphatic heterocycles. The standard InChI is InChI=1S/C28H28N2O3/c1-32-25-19-21(29-31)18-20-14-17-28(33-26(20)25)27(15-8-3-9-16-27)23-12-6-7-13-24(23)30(28)22-10-4-2-5-11-22/h2,4-7,10-14,17-19,29,31H,3,8-9,15-16H2,1H3. The Kier molecular flexibility index (Phi) is 4.63. The highest BCUT2D eigenvalue weighted by Gasteiger charge is 2.64. The zero-order valence-corrected chi connectivity index (χ0v) is 18.8. The van der Waals surface area contributed by atoms with Crippen molar-refractivity contribution in [3.05, 3.63) is 83.9 Å². The summed E-state index contributed by atoms with van der Waals surface area (Å²) in [5.74, 6) is 1.31. The molecule has 0 radical (unpaired) electrons. The first kappa shape index (κ1) is 20.2. The van der Waals surface area contributed by atoms with Crippen molar-refractivity contribution in [3.8, 4) is 11.5 Å². The Morgan fingerprint density at radius 3 is 2.48 bits per heavy atom. The number of ether oxygens (including phenoxy) is 2. The molecule has 0 saturated heterocycles. The smallest absolute Gasteiger partial charge is 0.216 e. The van der Waals surface area contributed by atoms with E-state index in [0.29, 0.717) is 17.2 Å². The summed E-state index contributed by atoms with van der Waals surface area (Å²) >= 11 is 0. The quantitative estimate of drug-likeness (QED) is 0.447. The molecule has 1 saturated carbocycles. The molecule has 3 aromatic rings. The molecule has 6 rings (SSSR count). The lowest BCUT2D eigenvalue weighted by atomic mass is 9.64. The number of nitrogens with one attached hydrogen (secondary N) is 1. The molecule has 1 unspecified atom stereocenters. The lowest BCUT2D eigenvalue weighted by Gasteiger charge is -2.51. The van der Waals surface area contributed by atoms with Crippen molar-refractivity contribution >= 4 is 23.1 Å². The first-order valence-corrected chi connectivity index (χ1v) is 11.7. The van der Waals surface area contributed by atoms with Gasteiger partial charge in [0.25, 0.3) is 0 Å². The molecular formula is C28H28N2O3. The van der Waals surface area contributed by atoms with E-state index in [4.69, 9.17) is 9.47 Å². The van der Waals surface area contributed by atoms with Crippen molar-refractivity contribution in [1.29, 1.82) is 0 Å². The van der Waals surface area contributed by atoms with Crippen molar-refractivity contribution in [2.75, 3.05) is 17.5 Å². The minimum atomic E-state index is -0.715. The van der Waals surface area contributed by atoms with E-state index in [1.807, 2.05) is 12.1 Å². The maximum absolute atomic E-state index is 9.49. The number of rotatable bonds is 3. The van der Waals surface area contributed by atoms with Gasteiger partial charge in [0.2, 0.25) is 5.72 Å². The Balaban J connectivity index is 1.63. The number of fused-ring (bicyclic) bond motifs is 4. The molecule has 3 aromatic carbocycles. The van der Waals surface area contributed by atoms with Gasteiger partial charge in [-0.1, -0.05) is 55.7 Å². The van der Waals surface area contributed by atoms with Crippen LogP contribution >= 0.6 is 0 Å². The van der Waals surface area contributed by atoms with E-state index in [2.05, 4.69) is 71.1 Å². The molecule has 0 amide bonds. The third-order valence-electron chi connectivity index (χ3n) is 7.58. The van der Waals surface area contributed by atoms with Gasteiger partial charge >= 0.3 is 0 Å². The molecule has 2 heterocycles. The van der Waals surface area contributed by atoms with Crippen LogP contribution in [0.4, 0.5) is 17.1 Å². The molecule has 5 heteroatoms. The second kappa shape index (κ2) is 7.56. The third-order valence-corrected chi connectivity index (χ3v) is 7.58. The number of anilines is 3. The molecule has 0 aromatic heterocycles. The third kappa shape index (κ3) is 2.75. The summed E-state index contributed by atoms with van der Waals surface area (Å²) in [6.45, 7) is 0. The molecule has 168 valence electrons. The zero-order chi connectivity index (χ0) is 22.5. The number of benzene rings is 3. The van der Waals surface area contributed by atoms with E-state index in [1.54, 1.807) is 13.2 Å². The van der Waals surface area contributed by atoms with Crippen LogP contribution < -0.4 is 19.9 Å². The molecule has 2 spiro atoms. The summed E-state index contributed by atoms with van der Waals surface area (Å²) in [6, 6.07) is 22.9. The minimum absolute atomic E-state index is 0.176. The predicted octanol–water partition coefficient (Wildman–Crippen LogP) is 6.65. The van der Waals surface area contributed by atoms with Gasteiger partial charge in [-0.25, -0.2) is 0 Å². The van der Waals surface area contributed by atoms with E-state index in [1.165, 1.54) is 30.5 Å². The molecule has 0 bridgehead atoms. The summed E-state index contributed by atoms with van der Waals surface area (Å²) < 4.78 is 12.9. The van der Waals surface area contributed by atoms with Gasteiger partial charge in [0.05, 0.1) is 18.2 Å². The van der Waals surface area contributed by atoms with Gasteiger partial charge in [-0.3, -0.25) is 15.6 Å². The van der Waals surface area contributed by atoms with Crippen molar-refractivity contribution in [2.24, 2.45) is 0 Å². The Morgan fingerprint density at radius 2 is 1.73 bits per heavy atom. The average Bonchev–Trinajstić information content (AvgIpc) is 3.09. The Bertz CT molecular complexity index is 1220. The summed E-state index contributed by atoms with van der Waals surface area (Å²) in [7, 11) is 1.64. The highest BCUT2D eigenvalue weighted by Crippen LogP contribution is 2.63. The van der Waals surface area contributed by atoms with Crippen LogP contribution in [-0.4, -0.2) is 18.0 Å². The summed E-state index contributed by atoms with van der Waals surface area (Å²) in [5, 5.41) is 9.49. The van der Waals surface area contributed by atoms with Gasteiger partial charge in [0.1, 0.15) is 0 Å². The number of hydrogen-bond donors (Lipinski definition) is 2. The maximum Gasteiger partial charge on any atom is 0.216 e. The SMILES string of the molecule is COc1cc(NO)cc2c1OC1(C=C2)N(c2ccccc2)c2ccccc2C12CCCCC2. The highest BCUT2D eigenvalue weighted by atomic mass is 16.5. The maximum atomic E-state index is 9.49. The fourth-order valence-electron chi connectivity index (χ4n) is 6.19. The topological polar surface area (TPSA) is 54.0 Å². The molecule has 1 atom stereocenters. The van der Waals surface area contributed by atoms with E-state index in [-0.39, 0.29) is 5.41 Å². The van der Waals surface area contributed by atoms with Gasteiger partial charge in [-0.05, 0) is 54.8 Å². The zero-order valence-electron chi connectivity index (χ0n) is 18.8. The average molecular weight is 441 g/mol. The molecule has 33 heavy (non-hydrogen) atoms. The minimum Gasteiger partial charge on any atom is -0.493 e. The van der Waals surface area contributed by atoms with Crippen LogP contribution in [0.3, 0.4) is 0 Å². The normalized spacial score (nSPS) is 22.1. The Hall–Kier alpha value is -3.44. The number of nitrogens with zero attached hydrogens (tertiary/aromatic N) is 1. The molecule has 1 aliphatic carbocycles. The second-order valence-corrected chi connectivity index (χ2v) is 9.17. The van der Waals surface area contributed by atoms with Gasteiger partial charge < -0.3 is 9.47 Å². The molecule has 5 nitrogen and oxygen atoms in total. The first-order chi connectivity index (χ1) is 16.2. The van der Waals surface area contributed by atoms with Crippen molar-refractivity contribution < 1.29 is 14.7 Å². The van der Waals surface area contributed by atoms with Crippen LogP contribution in [-0.2, 0) is 5.41 Å². The van der Waals surface area contributed by atoms with E-state index < -0.39 is 5.72 Å². The van der Waals surface area contributed by atoms with Gasteiger partial charge in [0, 0.05) is 23.0 Å². The molecule has 1 fully saturated rings. The van der Waals surface area contributed by atoms with Crippen LogP contribution in [0.5, 0.6) is 11.5 Å². The fourth-order valence-corrected chi connectivity index (χ4v) is 6.19. The Morgan fingerprint density at radius 1 is 0.970 bits per heavy atom. The van der Waals surface area contributed by atoms with Crippen LogP contribution in [0.15, 0.2) is 72.8 Å². The number of para-hydroxylation sites is 2. The molecule has 2 N–H and O–H groups in total. The van der Waals surface area contributed by atoms with E-state index >= 15 is 0 Å². The summed E-state index contributed by atoms with van der Waals surface area (Å²) in [5.41, 5.74) is 6.46. The lowest BCUT2D eigenvalue weighted by molar-refractivity contribution is 0.0206. The van der Waals surface area contributed by atoms with Crippen LogP contribution in [0.2, 0.25) is 0 Å². The number of hydrogen-bond acceptors (Lipinski definition) is 5. The molecule has 3 aliphatic rings. The van der Waals surface area contributed by atoms with Crippen molar-refractivity contribution in [3.63, 3.8) is 0 Å². The fraction of sp³-hybridized carbons (Fsp3) is 0.286.